The summed E-state index contributed by atoms with van der Waals surface area (Å²) in [6, 6.07) is 4.85. The maximum atomic E-state index is 13.7. The van der Waals surface area contributed by atoms with E-state index in [-0.39, 0.29) is 17.6 Å². The van der Waals surface area contributed by atoms with Crippen molar-refractivity contribution in [2.45, 2.75) is 32.2 Å². The Bertz CT molecular complexity index is 314. The van der Waals surface area contributed by atoms with Crippen LogP contribution in [0.2, 0.25) is 0 Å². The topological polar surface area (TPSA) is 35.2 Å². The lowest BCUT2D eigenvalue weighted by Gasteiger charge is -2.13. The van der Waals surface area contributed by atoms with E-state index in [0.29, 0.717) is 5.56 Å². The fourth-order valence-corrected chi connectivity index (χ4v) is 1.55. The molecule has 0 amide bonds. The summed E-state index contributed by atoms with van der Waals surface area (Å²) in [5.41, 5.74) is 6.45. The molecule has 0 spiro atoms. The van der Waals surface area contributed by atoms with E-state index >= 15 is 0 Å². The number of unbranched alkanes of at least 4 members (excludes halogenated alkanes) is 1. The van der Waals surface area contributed by atoms with E-state index in [4.69, 9.17) is 10.5 Å². The molecule has 1 aromatic carbocycles. The van der Waals surface area contributed by atoms with Crippen LogP contribution in [0.4, 0.5) is 4.39 Å². The number of rotatable bonds is 5. The molecule has 0 fully saturated rings. The Kier molecular flexibility index (Phi) is 4.56. The van der Waals surface area contributed by atoms with E-state index in [2.05, 4.69) is 6.92 Å². The fraction of sp³-hybridized carbons (Fsp3) is 0.500. The second-order valence-electron chi connectivity index (χ2n) is 3.61. The second-order valence-corrected chi connectivity index (χ2v) is 3.61. The van der Waals surface area contributed by atoms with Crippen LogP contribution >= 0.6 is 0 Å². The first-order chi connectivity index (χ1) is 7.20. The predicted molar refractivity (Wildman–Crippen MR) is 59.4 cm³/mol. The molecular weight excluding hydrogens is 193 g/mol. The zero-order valence-corrected chi connectivity index (χ0v) is 9.29. The highest BCUT2D eigenvalue weighted by atomic mass is 19.1. The van der Waals surface area contributed by atoms with Crippen LogP contribution < -0.4 is 10.5 Å². The molecule has 3 heteroatoms. The van der Waals surface area contributed by atoms with Gasteiger partial charge in [-0.25, -0.2) is 4.39 Å². The quantitative estimate of drug-likeness (QED) is 0.812. The average Bonchev–Trinajstić information content (AvgIpc) is 2.26. The van der Waals surface area contributed by atoms with Gasteiger partial charge in [-0.3, -0.25) is 0 Å². The molecular formula is C12H18FNO. The van der Waals surface area contributed by atoms with E-state index in [1.54, 1.807) is 18.2 Å². The van der Waals surface area contributed by atoms with Gasteiger partial charge in [-0.05, 0) is 12.5 Å². The SMILES string of the molecule is CCCCC(N)c1cccc(OC)c1F. The maximum Gasteiger partial charge on any atom is 0.169 e. The minimum absolute atomic E-state index is 0.236. The molecule has 0 aliphatic carbocycles. The largest absolute Gasteiger partial charge is 0.494 e. The number of nitrogens with two attached hydrogens (primary N) is 1. The second kappa shape index (κ2) is 5.71. The van der Waals surface area contributed by atoms with Gasteiger partial charge in [0.25, 0.3) is 0 Å². The molecule has 1 atom stereocenters. The molecule has 0 bridgehead atoms. The van der Waals surface area contributed by atoms with Gasteiger partial charge in [0, 0.05) is 11.6 Å². The van der Waals surface area contributed by atoms with Crippen molar-refractivity contribution in [1.82, 2.24) is 0 Å². The van der Waals surface area contributed by atoms with Gasteiger partial charge in [0.15, 0.2) is 11.6 Å². The Hall–Kier alpha value is -1.09. The molecule has 0 aliphatic heterocycles. The maximum absolute atomic E-state index is 13.7. The summed E-state index contributed by atoms with van der Waals surface area (Å²) in [6.45, 7) is 2.09. The highest BCUT2D eigenvalue weighted by molar-refractivity contribution is 5.32. The van der Waals surface area contributed by atoms with Gasteiger partial charge < -0.3 is 10.5 Å². The summed E-state index contributed by atoms with van der Waals surface area (Å²) in [4.78, 5) is 0. The van der Waals surface area contributed by atoms with Crippen LogP contribution in [0.5, 0.6) is 5.75 Å². The summed E-state index contributed by atoms with van der Waals surface area (Å²) < 4.78 is 18.7. The number of hydrogen-bond acceptors (Lipinski definition) is 2. The third-order valence-corrected chi connectivity index (χ3v) is 2.48. The van der Waals surface area contributed by atoms with Crippen LogP contribution in [-0.4, -0.2) is 7.11 Å². The summed E-state index contributed by atoms with van der Waals surface area (Å²) in [5.74, 6) is -0.0666. The Morgan fingerprint density at radius 2 is 2.20 bits per heavy atom. The predicted octanol–water partition coefficient (Wildman–Crippen LogP) is 3.02. The Labute approximate surface area is 90.2 Å². The Balaban J connectivity index is 2.83. The van der Waals surface area contributed by atoms with Crippen molar-refractivity contribution in [3.63, 3.8) is 0 Å². The van der Waals surface area contributed by atoms with Crippen LogP contribution in [-0.2, 0) is 0 Å². The standard InChI is InChI=1S/C12H18FNO/c1-3-4-7-10(14)9-6-5-8-11(15-2)12(9)13/h5-6,8,10H,3-4,7,14H2,1-2H3. The lowest BCUT2D eigenvalue weighted by molar-refractivity contribution is 0.381. The molecule has 15 heavy (non-hydrogen) atoms. The Morgan fingerprint density at radius 1 is 1.47 bits per heavy atom. The van der Waals surface area contributed by atoms with E-state index < -0.39 is 0 Å². The molecule has 0 saturated carbocycles. The summed E-state index contributed by atoms with van der Waals surface area (Å²) >= 11 is 0. The lowest BCUT2D eigenvalue weighted by Crippen LogP contribution is -2.12. The molecule has 84 valence electrons. The van der Waals surface area contributed by atoms with Gasteiger partial charge in [0.05, 0.1) is 7.11 Å². The molecule has 0 radical (unpaired) electrons. The normalized spacial score (nSPS) is 12.5. The van der Waals surface area contributed by atoms with Crippen molar-refractivity contribution >= 4 is 0 Å². The molecule has 0 heterocycles. The first-order valence-electron chi connectivity index (χ1n) is 5.28. The van der Waals surface area contributed by atoms with Gasteiger partial charge in [0.1, 0.15) is 0 Å². The van der Waals surface area contributed by atoms with Crippen LogP contribution in [0, 0.1) is 5.82 Å². The number of hydrogen-bond donors (Lipinski definition) is 1. The number of halogens is 1. The average molecular weight is 211 g/mol. The highest BCUT2D eigenvalue weighted by Crippen LogP contribution is 2.26. The Morgan fingerprint density at radius 3 is 2.80 bits per heavy atom. The first kappa shape index (κ1) is 12.0. The van der Waals surface area contributed by atoms with Crippen molar-refractivity contribution in [3.05, 3.63) is 29.6 Å². The van der Waals surface area contributed by atoms with E-state index in [0.717, 1.165) is 19.3 Å². The van der Waals surface area contributed by atoms with Crippen molar-refractivity contribution < 1.29 is 9.13 Å². The minimum Gasteiger partial charge on any atom is -0.494 e. The monoisotopic (exact) mass is 211 g/mol. The van der Waals surface area contributed by atoms with Crippen LogP contribution in [0.15, 0.2) is 18.2 Å². The van der Waals surface area contributed by atoms with Gasteiger partial charge in [0.2, 0.25) is 0 Å². The molecule has 1 rings (SSSR count). The lowest BCUT2D eigenvalue weighted by atomic mass is 10.0. The van der Waals surface area contributed by atoms with Crippen LogP contribution in [0.3, 0.4) is 0 Å². The molecule has 0 aliphatic rings. The first-order valence-corrected chi connectivity index (χ1v) is 5.28. The van der Waals surface area contributed by atoms with Crippen molar-refractivity contribution in [3.8, 4) is 5.75 Å². The highest BCUT2D eigenvalue weighted by Gasteiger charge is 2.14. The summed E-state index contributed by atoms with van der Waals surface area (Å²) in [6.07, 6.45) is 2.89. The van der Waals surface area contributed by atoms with Gasteiger partial charge in [-0.15, -0.1) is 0 Å². The smallest absolute Gasteiger partial charge is 0.169 e. The summed E-state index contributed by atoms with van der Waals surface area (Å²) in [7, 11) is 1.46. The van der Waals surface area contributed by atoms with Crippen LogP contribution in [0.25, 0.3) is 0 Å². The van der Waals surface area contributed by atoms with Crippen LogP contribution in [0.1, 0.15) is 37.8 Å². The summed E-state index contributed by atoms with van der Waals surface area (Å²) in [5, 5.41) is 0. The number of ether oxygens (including phenoxy) is 1. The molecule has 2 nitrogen and oxygen atoms in total. The molecule has 0 aromatic heterocycles. The van der Waals surface area contributed by atoms with Crippen molar-refractivity contribution in [2.24, 2.45) is 5.73 Å². The minimum atomic E-state index is -0.330. The fourth-order valence-electron chi connectivity index (χ4n) is 1.55. The molecule has 2 N–H and O–H groups in total. The van der Waals surface area contributed by atoms with Gasteiger partial charge in [-0.2, -0.15) is 0 Å². The van der Waals surface area contributed by atoms with Gasteiger partial charge >= 0.3 is 0 Å². The zero-order valence-electron chi connectivity index (χ0n) is 9.29. The van der Waals surface area contributed by atoms with Gasteiger partial charge in [-0.1, -0.05) is 31.9 Å². The van der Waals surface area contributed by atoms with E-state index in [1.807, 2.05) is 0 Å². The third kappa shape index (κ3) is 2.93. The van der Waals surface area contributed by atoms with E-state index in [1.165, 1.54) is 7.11 Å². The number of methoxy groups -OCH3 is 1. The third-order valence-electron chi connectivity index (χ3n) is 2.48. The molecule has 0 saturated heterocycles. The zero-order chi connectivity index (χ0) is 11.3. The van der Waals surface area contributed by atoms with E-state index in [9.17, 15) is 4.39 Å². The molecule has 1 unspecified atom stereocenters. The number of benzene rings is 1. The van der Waals surface area contributed by atoms with Crippen molar-refractivity contribution in [1.29, 1.82) is 0 Å². The van der Waals surface area contributed by atoms with Crippen molar-refractivity contribution in [2.75, 3.05) is 7.11 Å². The molecule has 1 aromatic rings.